The van der Waals surface area contributed by atoms with Crippen LogP contribution in [0, 0.1) is 5.92 Å². The summed E-state index contributed by atoms with van der Waals surface area (Å²) in [6.07, 6.45) is -0.0860. The quantitative estimate of drug-likeness (QED) is 0.426. The van der Waals surface area contributed by atoms with Crippen LogP contribution in [0.4, 0.5) is 0 Å². The van der Waals surface area contributed by atoms with E-state index in [4.69, 9.17) is 4.74 Å². The molecule has 2 amide bonds. The van der Waals surface area contributed by atoms with Gasteiger partial charge in [0, 0.05) is 7.05 Å². The third-order valence-corrected chi connectivity index (χ3v) is 5.00. The van der Waals surface area contributed by atoms with Crippen LogP contribution in [-0.4, -0.2) is 71.6 Å². The second-order valence-electron chi connectivity index (χ2n) is 9.36. The van der Waals surface area contributed by atoms with Gasteiger partial charge >= 0.3 is 11.9 Å². The standard InChI is InChI=1S/C24H37N3O6/c1-15(2)20(21(29)26-18(23(31)32)14-19(28)33-24(3,4)5)27(7)22(30)17(25-6)13-16-11-9-8-10-12-16/h8-12,15,17-18,20,25H,13-14H2,1-7H3,(H,26,29)(H,31,32)/t17-,18-,20-/m0/s1. The van der Waals surface area contributed by atoms with E-state index in [0.717, 1.165) is 5.56 Å². The highest BCUT2D eigenvalue weighted by molar-refractivity contribution is 5.93. The zero-order valence-electron chi connectivity index (χ0n) is 20.5. The van der Waals surface area contributed by atoms with Crippen LogP contribution in [0.15, 0.2) is 30.3 Å². The van der Waals surface area contributed by atoms with Gasteiger partial charge in [0.2, 0.25) is 11.8 Å². The van der Waals surface area contributed by atoms with Gasteiger partial charge in [-0.3, -0.25) is 14.4 Å². The number of carboxylic acid groups (broad SMARTS) is 1. The highest BCUT2D eigenvalue weighted by Gasteiger charge is 2.35. The third kappa shape index (κ3) is 9.21. The van der Waals surface area contributed by atoms with Crippen molar-refractivity contribution in [2.24, 2.45) is 5.92 Å². The summed E-state index contributed by atoms with van der Waals surface area (Å²) in [5.41, 5.74) is 0.186. The maximum absolute atomic E-state index is 13.2. The molecule has 1 aromatic carbocycles. The van der Waals surface area contributed by atoms with E-state index >= 15 is 0 Å². The Morgan fingerprint density at radius 2 is 1.64 bits per heavy atom. The molecule has 0 spiro atoms. The lowest BCUT2D eigenvalue weighted by molar-refractivity contribution is -0.159. The maximum Gasteiger partial charge on any atom is 0.326 e. The molecule has 0 saturated carbocycles. The van der Waals surface area contributed by atoms with E-state index < -0.39 is 48.0 Å². The molecule has 9 heteroatoms. The number of nitrogens with zero attached hydrogens (tertiary/aromatic N) is 1. The topological polar surface area (TPSA) is 125 Å². The van der Waals surface area contributed by atoms with Gasteiger partial charge in [0.1, 0.15) is 17.7 Å². The molecule has 1 rings (SSSR count). The van der Waals surface area contributed by atoms with E-state index in [9.17, 15) is 24.3 Å². The van der Waals surface area contributed by atoms with Gasteiger partial charge in [-0.25, -0.2) is 4.79 Å². The first kappa shape index (κ1) is 28.1. The summed E-state index contributed by atoms with van der Waals surface area (Å²) in [5.74, 6) is -3.34. The highest BCUT2D eigenvalue weighted by Crippen LogP contribution is 2.15. The zero-order valence-corrected chi connectivity index (χ0v) is 20.5. The highest BCUT2D eigenvalue weighted by atomic mass is 16.6. The fraction of sp³-hybridized carbons (Fsp3) is 0.583. The Balaban J connectivity index is 2.97. The van der Waals surface area contributed by atoms with Gasteiger partial charge < -0.3 is 25.4 Å². The number of carbonyl (C=O) groups excluding carboxylic acids is 3. The average molecular weight is 464 g/mol. The van der Waals surface area contributed by atoms with Crippen molar-refractivity contribution in [1.82, 2.24) is 15.5 Å². The van der Waals surface area contributed by atoms with E-state index in [0.29, 0.717) is 6.42 Å². The lowest BCUT2D eigenvalue weighted by atomic mass is 9.98. The van der Waals surface area contributed by atoms with E-state index in [1.54, 1.807) is 41.7 Å². The Bertz CT molecular complexity index is 819. The van der Waals surface area contributed by atoms with Crippen molar-refractivity contribution in [1.29, 1.82) is 0 Å². The van der Waals surface area contributed by atoms with Crippen LogP contribution in [0.3, 0.4) is 0 Å². The number of benzene rings is 1. The van der Waals surface area contributed by atoms with Crippen molar-refractivity contribution in [3.63, 3.8) is 0 Å². The minimum absolute atomic E-state index is 0.297. The molecule has 0 aliphatic heterocycles. The molecule has 0 aliphatic carbocycles. The minimum atomic E-state index is -1.47. The second-order valence-corrected chi connectivity index (χ2v) is 9.36. The molecule has 0 unspecified atom stereocenters. The van der Waals surface area contributed by atoms with Gasteiger partial charge in [-0.2, -0.15) is 0 Å². The van der Waals surface area contributed by atoms with Crippen LogP contribution >= 0.6 is 0 Å². The Labute approximate surface area is 195 Å². The zero-order chi connectivity index (χ0) is 25.3. The molecule has 0 radical (unpaired) electrons. The molecule has 0 aromatic heterocycles. The molecule has 9 nitrogen and oxygen atoms in total. The lowest BCUT2D eigenvalue weighted by Crippen LogP contribution is -2.57. The van der Waals surface area contributed by atoms with Gasteiger partial charge in [0.15, 0.2) is 0 Å². The summed E-state index contributed by atoms with van der Waals surface area (Å²) in [6, 6.07) is 6.53. The number of nitrogens with one attached hydrogen (secondary N) is 2. The van der Waals surface area contributed by atoms with Gasteiger partial charge in [0.25, 0.3) is 0 Å². The molecule has 184 valence electrons. The molecule has 1 aromatic rings. The number of hydrogen-bond donors (Lipinski definition) is 3. The van der Waals surface area contributed by atoms with Crippen molar-refractivity contribution >= 4 is 23.8 Å². The normalized spacial score (nSPS) is 14.2. The summed E-state index contributed by atoms with van der Waals surface area (Å²) in [5, 5.41) is 14.9. The number of rotatable bonds is 11. The summed E-state index contributed by atoms with van der Waals surface area (Å²) >= 11 is 0. The predicted octanol–water partition coefficient (Wildman–Crippen LogP) is 1.60. The van der Waals surface area contributed by atoms with Crippen molar-refractivity contribution < 1.29 is 29.0 Å². The first-order valence-corrected chi connectivity index (χ1v) is 11.0. The molecule has 33 heavy (non-hydrogen) atoms. The molecular weight excluding hydrogens is 426 g/mol. The largest absolute Gasteiger partial charge is 0.480 e. The van der Waals surface area contributed by atoms with Crippen molar-refractivity contribution in [3.8, 4) is 0 Å². The van der Waals surface area contributed by atoms with Gasteiger partial charge in [-0.1, -0.05) is 44.2 Å². The van der Waals surface area contributed by atoms with E-state index in [1.165, 1.54) is 11.9 Å². The molecule has 0 fully saturated rings. The van der Waals surface area contributed by atoms with Crippen molar-refractivity contribution in [2.75, 3.05) is 14.1 Å². The Hall–Kier alpha value is -2.94. The van der Waals surface area contributed by atoms with Crippen molar-refractivity contribution in [2.45, 2.75) is 71.2 Å². The smallest absolute Gasteiger partial charge is 0.326 e. The molecule has 0 aliphatic rings. The first-order chi connectivity index (χ1) is 15.3. The summed E-state index contributed by atoms with van der Waals surface area (Å²) < 4.78 is 5.17. The monoisotopic (exact) mass is 463 g/mol. The van der Waals surface area contributed by atoms with Crippen LogP contribution in [0.25, 0.3) is 0 Å². The molecule has 0 heterocycles. The number of amides is 2. The number of aliphatic carboxylic acids is 1. The van der Waals surface area contributed by atoms with E-state index in [2.05, 4.69) is 10.6 Å². The van der Waals surface area contributed by atoms with Crippen LogP contribution in [-0.2, 0) is 30.3 Å². The van der Waals surface area contributed by atoms with Gasteiger partial charge in [-0.15, -0.1) is 0 Å². The molecular formula is C24H37N3O6. The first-order valence-electron chi connectivity index (χ1n) is 11.0. The van der Waals surface area contributed by atoms with E-state index in [1.807, 2.05) is 30.3 Å². The summed E-state index contributed by atoms with van der Waals surface area (Å²) in [6.45, 7) is 8.54. The Kier molecular flexibility index (Phi) is 10.5. The molecule has 3 atom stereocenters. The van der Waals surface area contributed by atoms with Crippen LogP contribution in [0.2, 0.25) is 0 Å². The number of esters is 1. The third-order valence-electron chi connectivity index (χ3n) is 5.00. The number of carbonyl (C=O) groups is 4. The predicted molar refractivity (Wildman–Crippen MR) is 124 cm³/mol. The fourth-order valence-corrected chi connectivity index (χ4v) is 3.48. The van der Waals surface area contributed by atoms with Gasteiger partial charge in [0.05, 0.1) is 12.5 Å². The van der Waals surface area contributed by atoms with Crippen molar-refractivity contribution in [3.05, 3.63) is 35.9 Å². The Morgan fingerprint density at radius 1 is 1.06 bits per heavy atom. The van der Waals surface area contributed by atoms with Gasteiger partial charge in [-0.05, 0) is 45.7 Å². The number of likely N-dealkylation sites (N-methyl/N-ethyl adjacent to an activating group) is 2. The minimum Gasteiger partial charge on any atom is -0.480 e. The fourth-order valence-electron chi connectivity index (χ4n) is 3.48. The maximum atomic E-state index is 13.2. The average Bonchev–Trinajstić information content (AvgIpc) is 2.70. The Morgan fingerprint density at radius 3 is 2.09 bits per heavy atom. The molecule has 0 saturated heterocycles. The summed E-state index contributed by atoms with van der Waals surface area (Å²) in [7, 11) is 3.19. The summed E-state index contributed by atoms with van der Waals surface area (Å²) in [4.78, 5) is 51.3. The van der Waals surface area contributed by atoms with E-state index in [-0.39, 0.29) is 11.8 Å². The number of hydrogen-bond acceptors (Lipinski definition) is 6. The van der Waals surface area contributed by atoms with Crippen LogP contribution in [0.5, 0.6) is 0 Å². The SMILES string of the molecule is CN[C@@H](Cc1ccccc1)C(=O)N(C)[C@H](C(=O)N[C@@H](CC(=O)OC(C)(C)C)C(=O)O)C(C)C. The lowest BCUT2D eigenvalue weighted by Gasteiger charge is -2.33. The number of carboxylic acids is 1. The second kappa shape index (κ2) is 12.3. The molecule has 3 N–H and O–H groups in total. The number of ether oxygens (including phenoxy) is 1. The van der Waals surface area contributed by atoms with Crippen LogP contribution in [0.1, 0.15) is 46.6 Å². The van der Waals surface area contributed by atoms with Crippen LogP contribution < -0.4 is 10.6 Å². The molecule has 0 bridgehead atoms.